The molecule has 1 N–H and O–H groups in total. The summed E-state index contributed by atoms with van der Waals surface area (Å²) >= 11 is 0. The molecule has 21 heavy (non-hydrogen) atoms. The van der Waals surface area contributed by atoms with E-state index in [0.29, 0.717) is 6.04 Å². The first kappa shape index (κ1) is 12.9. The molecule has 108 valence electrons. The smallest absolute Gasteiger partial charge is 0.124 e. The van der Waals surface area contributed by atoms with Gasteiger partial charge in [0.25, 0.3) is 0 Å². The highest BCUT2D eigenvalue weighted by Gasteiger charge is 2.44. The number of benzene rings is 2. The SMILES string of the molecule is CNC1CC2(Cc3ccccc3C2)Oc2ccc(C)cc21. The van der Waals surface area contributed by atoms with E-state index in [-0.39, 0.29) is 5.60 Å². The lowest BCUT2D eigenvalue weighted by Crippen LogP contribution is -2.44. The lowest BCUT2D eigenvalue weighted by Gasteiger charge is -2.40. The quantitative estimate of drug-likeness (QED) is 0.861. The second-order valence-electron chi connectivity index (χ2n) is 6.49. The molecule has 4 rings (SSSR count). The van der Waals surface area contributed by atoms with Crippen LogP contribution < -0.4 is 10.1 Å². The first-order valence-corrected chi connectivity index (χ1v) is 7.73. The van der Waals surface area contributed by atoms with Crippen LogP contribution in [0.1, 0.15) is 34.7 Å². The maximum Gasteiger partial charge on any atom is 0.124 e. The predicted octanol–water partition coefficient (Wildman–Crippen LogP) is 3.58. The molecule has 2 aromatic rings. The molecule has 0 amide bonds. The Hall–Kier alpha value is -1.80. The maximum atomic E-state index is 6.51. The topological polar surface area (TPSA) is 21.3 Å². The largest absolute Gasteiger partial charge is 0.486 e. The molecule has 2 heteroatoms. The van der Waals surface area contributed by atoms with E-state index in [1.807, 2.05) is 0 Å². The van der Waals surface area contributed by atoms with Crippen LogP contribution in [0.15, 0.2) is 42.5 Å². The fourth-order valence-corrected chi connectivity index (χ4v) is 3.92. The second kappa shape index (κ2) is 4.60. The van der Waals surface area contributed by atoms with E-state index in [4.69, 9.17) is 4.74 Å². The van der Waals surface area contributed by atoms with Crippen molar-refractivity contribution in [3.8, 4) is 5.75 Å². The van der Waals surface area contributed by atoms with E-state index < -0.39 is 0 Å². The molecule has 2 nitrogen and oxygen atoms in total. The Bertz CT molecular complexity index is 667. The number of fused-ring (bicyclic) bond motifs is 2. The Morgan fingerprint density at radius 2 is 1.81 bits per heavy atom. The molecule has 1 unspecified atom stereocenters. The van der Waals surface area contributed by atoms with Crippen molar-refractivity contribution in [3.05, 3.63) is 64.7 Å². The average Bonchev–Trinajstić information content (AvgIpc) is 2.84. The highest BCUT2D eigenvalue weighted by molar-refractivity contribution is 5.44. The number of hydrogen-bond acceptors (Lipinski definition) is 2. The second-order valence-corrected chi connectivity index (χ2v) is 6.49. The molecule has 0 bridgehead atoms. The maximum absolute atomic E-state index is 6.51. The first-order chi connectivity index (χ1) is 10.2. The van der Waals surface area contributed by atoms with Gasteiger partial charge in [0, 0.05) is 30.9 Å². The Balaban J connectivity index is 1.73. The van der Waals surface area contributed by atoms with E-state index in [2.05, 4.69) is 61.8 Å². The van der Waals surface area contributed by atoms with Crippen LogP contribution in [0.2, 0.25) is 0 Å². The summed E-state index contributed by atoms with van der Waals surface area (Å²) < 4.78 is 6.51. The molecule has 1 spiro atoms. The zero-order valence-corrected chi connectivity index (χ0v) is 12.6. The van der Waals surface area contributed by atoms with E-state index in [0.717, 1.165) is 25.0 Å². The fourth-order valence-electron chi connectivity index (χ4n) is 3.92. The van der Waals surface area contributed by atoms with Crippen molar-refractivity contribution in [2.75, 3.05) is 7.05 Å². The molecule has 2 aromatic carbocycles. The van der Waals surface area contributed by atoms with Gasteiger partial charge < -0.3 is 10.1 Å². The normalized spacial score (nSPS) is 21.7. The standard InChI is InChI=1S/C19H21NO/c1-13-7-8-18-16(9-13)17(20-2)12-19(21-18)10-14-5-3-4-6-15(14)11-19/h3-9,17,20H,10-12H2,1-2H3. The third-order valence-corrected chi connectivity index (χ3v) is 4.94. The summed E-state index contributed by atoms with van der Waals surface area (Å²) in [6.45, 7) is 2.14. The van der Waals surface area contributed by atoms with Crippen molar-refractivity contribution in [3.63, 3.8) is 0 Å². The molecular weight excluding hydrogens is 258 g/mol. The number of rotatable bonds is 1. The van der Waals surface area contributed by atoms with Crippen LogP contribution in [0.4, 0.5) is 0 Å². The van der Waals surface area contributed by atoms with Crippen LogP contribution in [-0.4, -0.2) is 12.6 Å². The molecule has 0 saturated carbocycles. The highest BCUT2D eigenvalue weighted by Crippen LogP contribution is 2.46. The lowest BCUT2D eigenvalue weighted by atomic mass is 9.84. The molecule has 0 saturated heterocycles. The fraction of sp³-hybridized carbons (Fsp3) is 0.368. The zero-order valence-electron chi connectivity index (χ0n) is 12.6. The summed E-state index contributed by atoms with van der Waals surface area (Å²) in [6.07, 6.45) is 3.08. The molecule has 0 aromatic heterocycles. The van der Waals surface area contributed by atoms with Crippen LogP contribution in [0.25, 0.3) is 0 Å². The van der Waals surface area contributed by atoms with E-state index in [1.165, 1.54) is 22.3 Å². The molecule has 1 aliphatic heterocycles. The Morgan fingerprint density at radius 3 is 2.48 bits per heavy atom. The number of ether oxygens (including phenoxy) is 1. The summed E-state index contributed by atoms with van der Waals surface area (Å²) in [5, 5.41) is 3.49. The van der Waals surface area contributed by atoms with E-state index in [9.17, 15) is 0 Å². The zero-order chi connectivity index (χ0) is 14.4. The van der Waals surface area contributed by atoms with Crippen LogP contribution in [-0.2, 0) is 12.8 Å². The van der Waals surface area contributed by atoms with E-state index >= 15 is 0 Å². The molecular formula is C19H21NO. The van der Waals surface area contributed by atoms with Crippen molar-refractivity contribution >= 4 is 0 Å². The molecule has 0 radical (unpaired) electrons. The van der Waals surface area contributed by atoms with Gasteiger partial charge >= 0.3 is 0 Å². The highest BCUT2D eigenvalue weighted by atomic mass is 16.5. The summed E-state index contributed by atoms with van der Waals surface area (Å²) in [6, 6.07) is 15.7. The average molecular weight is 279 g/mol. The van der Waals surface area contributed by atoms with Gasteiger partial charge in [0.05, 0.1) is 0 Å². The van der Waals surface area contributed by atoms with Gasteiger partial charge in [-0.2, -0.15) is 0 Å². The molecule has 1 aliphatic carbocycles. The molecule has 0 fully saturated rings. The van der Waals surface area contributed by atoms with Gasteiger partial charge in [-0.15, -0.1) is 0 Å². The summed E-state index contributed by atoms with van der Waals surface area (Å²) in [5.74, 6) is 1.05. The number of aryl methyl sites for hydroxylation is 1. The van der Waals surface area contributed by atoms with Gasteiger partial charge in [-0.3, -0.25) is 0 Å². The first-order valence-electron chi connectivity index (χ1n) is 7.73. The molecule has 1 atom stereocenters. The van der Waals surface area contributed by atoms with Gasteiger partial charge in [-0.1, -0.05) is 42.0 Å². The number of nitrogens with one attached hydrogen (secondary N) is 1. The molecule has 1 heterocycles. The third kappa shape index (κ3) is 2.06. The van der Waals surface area contributed by atoms with Gasteiger partial charge in [-0.05, 0) is 31.2 Å². The van der Waals surface area contributed by atoms with Gasteiger partial charge in [-0.25, -0.2) is 0 Å². The summed E-state index contributed by atoms with van der Waals surface area (Å²) in [4.78, 5) is 0. The Morgan fingerprint density at radius 1 is 1.10 bits per heavy atom. The van der Waals surface area contributed by atoms with Crippen molar-refractivity contribution in [2.24, 2.45) is 0 Å². The van der Waals surface area contributed by atoms with Crippen LogP contribution in [0.3, 0.4) is 0 Å². The minimum absolute atomic E-state index is 0.0698. The van der Waals surface area contributed by atoms with Gasteiger partial charge in [0.1, 0.15) is 11.4 Å². The minimum atomic E-state index is -0.0698. The van der Waals surface area contributed by atoms with Crippen LogP contribution in [0.5, 0.6) is 5.75 Å². The van der Waals surface area contributed by atoms with Crippen LogP contribution >= 0.6 is 0 Å². The van der Waals surface area contributed by atoms with Crippen molar-refractivity contribution in [1.82, 2.24) is 5.32 Å². The van der Waals surface area contributed by atoms with Gasteiger partial charge in [0.15, 0.2) is 0 Å². The lowest BCUT2D eigenvalue weighted by molar-refractivity contribution is 0.0412. The molecule has 2 aliphatic rings. The summed E-state index contributed by atoms with van der Waals surface area (Å²) in [5.41, 5.74) is 5.42. The van der Waals surface area contributed by atoms with Crippen molar-refractivity contribution in [1.29, 1.82) is 0 Å². The third-order valence-electron chi connectivity index (χ3n) is 4.94. The Labute approximate surface area is 126 Å². The number of hydrogen-bond donors (Lipinski definition) is 1. The van der Waals surface area contributed by atoms with Gasteiger partial charge in [0.2, 0.25) is 0 Å². The monoisotopic (exact) mass is 279 g/mol. The van der Waals surface area contributed by atoms with E-state index in [1.54, 1.807) is 0 Å². The predicted molar refractivity (Wildman–Crippen MR) is 84.8 cm³/mol. The van der Waals surface area contributed by atoms with Crippen LogP contribution in [0, 0.1) is 6.92 Å². The summed E-state index contributed by atoms with van der Waals surface area (Å²) in [7, 11) is 2.05. The van der Waals surface area contributed by atoms with Crippen molar-refractivity contribution < 1.29 is 4.74 Å². The minimum Gasteiger partial charge on any atom is -0.486 e. The Kier molecular flexibility index (Phi) is 2.83. The van der Waals surface area contributed by atoms with Crippen molar-refractivity contribution in [2.45, 2.75) is 37.8 Å².